The number of benzene rings is 1. The number of nitro benzene ring substituents is 1. The van der Waals surface area contributed by atoms with Crippen LogP contribution in [-0.2, 0) is 0 Å². The van der Waals surface area contributed by atoms with Crippen molar-refractivity contribution in [1.82, 2.24) is 4.90 Å². The van der Waals surface area contributed by atoms with Crippen LogP contribution < -0.4 is 4.84 Å². The fraction of sp³-hybridized carbons (Fsp3) is 0.500. The van der Waals surface area contributed by atoms with Crippen LogP contribution in [0.5, 0.6) is 5.75 Å². The number of oxime groups is 1. The third-order valence-corrected chi connectivity index (χ3v) is 3.70. The summed E-state index contributed by atoms with van der Waals surface area (Å²) in [6.45, 7) is 5.25. The van der Waals surface area contributed by atoms with Gasteiger partial charge in [-0.05, 0) is 26.1 Å². The summed E-state index contributed by atoms with van der Waals surface area (Å²) >= 11 is 0. The normalized spacial score (nSPS) is 25.6. The molecule has 0 aliphatic carbocycles. The molecule has 1 aromatic rings. The Balaban J connectivity index is 2.03. The van der Waals surface area contributed by atoms with Crippen LogP contribution in [0.25, 0.3) is 0 Å². The monoisotopic (exact) mass is 277 g/mol. The van der Waals surface area contributed by atoms with Crippen LogP contribution in [0.3, 0.4) is 0 Å². The number of non-ortho nitro benzene ring substituents is 1. The maximum atomic E-state index is 10.6. The Kier molecular flexibility index (Phi) is 4.34. The van der Waals surface area contributed by atoms with Crippen molar-refractivity contribution in [2.45, 2.75) is 26.3 Å². The van der Waals surface area contributed by atoms with Gasteiger partial charge in [0.1, 0.15) is 0 Å². The molecule has 6 heteroatoms. The highest BCUT2D eigenvalue weighted by atomic mass is 16.6. The van der Waals surface area contributed by atoms with Crippen LogP contribution in [0.1, 0.15) is 20.3 Å². The van der Waals surface area contributed by atoms with Gasteiger partial charge in [-0.15, -0.1) is 0 Å². The first-order chi connectivity index (χ1) is 9.47. The molecule has 1 aliphatic rings. The molecular formula is C14H19N3O3. The van der Waals surface area contributed by atoms with Gasteiger partial charge in [0.25, 0.3) is 5.69 Å². The van der Waals surface area contributed by atoms with Gasteiger partial charge >= 0.3 is 0 Å². The molecule has 0 N–H and O–H groups in total. The molecule has 2 atom stereocenters. The quantitative estimate of drug-likeness (QED) is 0.629. The van der Waals surface area contributed by atoms with Crippen LogP contribution in [0.4, 0.5) is 5.69 Å². The van der Waals surface area contributed by atoms with Crippen LogP contribution in [0.2, 0.25) is 0 Å². The van der Waals surface area contributed by atoms with Crippen molar-refractivity contribution in [3.8, 4) is 5.75 Å². The van der Waals surface area contributed by atoms with Gasteiger partial charge in [-0.2, -0.15) is 0 Å². The molecule has 6 nitrogen and oxygen atoms in total. The lowest BCUT2D eigenvalue weighted by Gasteiger charge is -2.34. The molecule has 108 valence electrons. The first-order valence-electron chi connectivity index (χ1n) is 6.66. The minimum absolute atomic E-state index is 0.0475. The average Bonchev–Trinajstić information content (AvgIpc) is 2.42. The van der Waals surface area contributed by atoms with Gasteiger partial charge in [-0.3, -0.25) is 10.1 Å². The Morgan fingerprint density at radius 3 is 2.60 bits per heavy atom. The third-order valence-electron chi connectivity index (χ3n) is 3.70. The Morgan fingerprint density at radius 1 is 1.35 bits per heavy atom. The molecule has 0 amide bonds. The molecule has 0 aromatic heterocycles. The zero-order chi connectivity index (χ0) is 14.7. The van der Waals surface area contributed by atoms with Gasteiger partial charge < -0.3 is 9.74 Å². The zero-order valence-corrected chi connectivity index (χ0v) is 11.9. The molecule has 0 radical (unpaired) electrons. The van der Waals surface area contributed by atoms with E-state index in [1.54, 1.807) is 12.1 Å². The van der Waals surface area contributed by atoms with Gasteiger partial charge in [-0.25, -0.2) is 0 Å². The molecule has 0 saturated carbocycles. The Hall–Kier alpha value is -1.95. The molecule has 1 heterocycles. The van der Waals surface area contributed by atoms with E-state index in [9.17, 15) is 10.1 Å². The largest absolute Gasteiger partial charge is 0.357 e. The summed E-state index contributed by atoms with van der Waals surface area (Å²) in [5, 5.41) is 14.8. The number of nitro groups is 1. The summed E-state index contributed by atoms with van der Waals surface area (Å²) < 4.78 is 0. The first kappa shape index (κ1) is 14.5. The van der Waals surface area contributed by atoms with Crippen LogP contribution in [0, 0.1) is 16.0 Å². The second-order valence-corrected chi connectivity index (χ2v) is 5.32. The van der Waals surface area contributed by atoms with Gasteiger partial charge in [-0.1, -0.05) is 12.1 Å². The third kappa shape index (κ3) is 3.33. The molecule has 0 bridgehead atoms. The molecule has 2 rings (SSSR count). The molecule has 1 aliphatic heterocycles. The van der Waals surface area contributed by atoms with E-state index in [0.717, 1.165) is 18.7 Å². The topological polar surface area (TPSA) is 68.0 Å². The molecule has 1 aromatic carbocycles. The first-order valence-corrected chi connectivity index (χ1v) is 6.66. The van der Waals surface area contributed by atoms with Crippen molar-refractivity contribution in [2.24, 2.45) is 11.1 Å². The molecular weight excluding hydrogens is 258 g/mol. The number of likely N-dealkylation sites (tertiary alicyclic amines) is 1. The number of hydrogen-bond acceptors (Lipinski definition) is 5. The lowest BCUT2D eigenvalue weighted by Crippen LogP contribution is -2.43. The van der Waals surface area contributed by atoms with Gasteiger partial charge in [0, 0.05) is 37.1 Å². The summed E-state index contributed by atoms with van der Waals surface area (Å²) in [6.07, 6.45) is 0.880. The number of hydrogen-bond donors (Lipinski definition) is 0. The fourth-order valence-electron chi connectivity index (χ4n) is 2.24. The standard InChI is InChI=1S/C14H19N3O3/c1-10-9-16(3)11(2)8-14(10)15-20-13-6-4-12(5-7-13)17(18)19/h4-7,10-11H,8-9H2,1-3H3/b15-14+/t10-,11+/m0/s1. The maximum Gasteiger partial charge on any atom is 0.269 e. The molecule has 1 fully saturated rings. The van der Waals surface area contributed by atoms with Crippen molar-refractivity contribution < 1.29 is 9.76 Å². The van der Waals surface area contributed by atoms with Crippen molar-refractivity contribution in [3.05, 3.63) is 34.4 Å². The molecule has 20 heavy (non-hydrogen) atoms. The van der Waals surface area contributed by atoms with E-state index in [4.69, 9.17) is 4.84 Å². The van der Waals surface area contributed by atoms with Gasteiger partial charge in [0.15, 0.2) is 5.75 Å². The highest BCUT2D eigenvalue weighted by Crippen LogP contribution is 2.21. The predicted octanol–water partition coefficient (Wildman–Crippen LogP) is 2.69. The second kappa shape index (κ2) is 6.00. The second-order valence-electron chi connectivity index (χ2n) is 5.32. The van der Waals surface area contributed by atoms with E-state index in [-0.39, 0.29) is 5.69 Å². The van der Waals surface area contributed by atoms with Crippen molar-refractivity contribution in [1.29, 1.82) is 0 Å². The van der Waals surface area contributed by atoms with E-state index in [1.165, 1.54) is 12.1 Å². The smallest absolute Gasteiger partial charge is 0.269 e. The highest BCUT2D eigenvalue weighted by Gasteiger charge is 2.25. The van der Waals surface area contributed by atoms with Crippen LogP contribution in [0.15, 0.2) is 29.4 Å². The van der Waals surface area contributed by atoms with E-state index in [1.807, 2.05) is 0 Å². The summed E-state index contributed by atoms with van der Waals surface area (Å²) in [5.74, 6) is 0.871. The summed E-state index contributed by atoms with van der Waals surface area (Å²) in [6, 6.07) is 6.40. The van der Waals surface area contributed by atoms with E-state index in [2.05, 4.69) is 31.0 Å². The maximum absolute atomic E-state index is 10.6. The van der Waals surface area contributed by atoms with Gasteiger partial charge in [0.05, 0.1) is 10.6 Å². The van der Waals surface area contributed by atoms with Crippen molar-refractivity contribution in [3.63, 3.8) is 0 Å². The molecule has 1 saturated heterocycles. The lowest BCUT2D eigenvalue weighted by atomic mass is 9.93. The number of nitrogens with zero attached hydrogens (tertiary/aromatic N) is 3. The van der Waals surface area contributed by atoms with E-state index >= 15 is 0 Å². The summed E-state index contributed by atoms with van der Waals surface area (Å²) in [7, 11) is 2.11. The Bertz CT molecular complexity index is 513. The fourth-order valence-corrected chi connectivity index (χ4v) is 2.24. The average molecular weight is 277 g/mol. The lowest BCUT2D eigenvalue weighted by molar-refractivity contribution is -0.384. The van der Waals surface area contributed by atoms with Crippen molar-refractivity contribution >= 4 is 11.4 Å². The predicted molar refractivity (Wildman–Crippen MR) is 77.0 cm³/mol. The summed E-state index contributed by atoms with van der Waals surface area (Å²) in [4.78, 5) is 17.8. The number of piperidine rings is 1. The Morgan fingerprint density at radius 2 is 2.00 bits per heavy atom. The Labute approximate surface area is 118 Å². The van der Waals surface area contributed by atoms with Crippen LogP contribution >= 0.6 is 0 Å². The highest BCUT2D eigenvalue weighted by molar-refractivity contribution is 5.87. The van der Waals surface area contributed by atoms with E-state index < -0.39 is 4.92 Å². The van der Waals surface area contributed by atoms with Crippen LogP contribution in [-0.4, -0.2) is 35.2 Å². The number of rotatable bonds is 3. The van der Waals surface area contributed by atoms with Gasteiger partial charge in [0.2, 0.25) is 0 Å². The minimum atomic E-state index is -0.434. The zero-order valence-electron chi connectivity index (χ0n) is 11.9. The molecule has 0 unspecified atom stereocenters. The summed E-state index contributed by atoms with van der Waals surface area (Å²) in [5.41, 5.74) is 1.08. The minimum Gasteiger partial charge on any atom is -0.357 e. The molecule has 0 spiro atoms. The van der Waals surface area contributed by atoms with Crippen molar-refractivity contribution in [2.75, 3.05) is 13.6 Å². The SMILES string of the molecule is C[C@@H]1C/C(=N\Oc2ccc([N+](=O)[O-])cc2)[C@@H](C)CN1C. The van der Waals surface area contributed by atoms with E-state index in [0.29, 0.717) is 17.7 Å².